The predicted molar refractivity (Wildman–Crippen MR) is 105 cm³/mol. The zero-order valence-electron chi connectivity index (χ0n) is 15.7. The summed E-state index contributed by atoms with van der Waals surface area (Å²) in [4.78, 5) is 35.2. The molecule has 1 unspecified atom stereocenters. The number of hydrogen-bond acceptors (Lipinski definition) is 8. The lowest BCUT2D eigenvalue weighted by Gasteiger charge is -2.19. The Balaban J connectivity index is 2.38. The molecule has 0 aliphatic carbocycles. The molecule has 0 heterocycles. The summed E-state index contributed by atoms with van der Waals surface area (Å²) in [7, 11) is 2.82. The average Bonchev–Trinajstić information content (AvgIpc) is 2.72. The van der Waals surface area contributed by atoms with Gasteiger partial charge in [-0.15, -0.1) is 5.11 Å². The number of nitrogens with zero attached hydrogens (tertiary/aromatic N) is 4. The van der Waals surface area contributed by atoms with E-state index in [1.165, 1.54) is 50.6 Å². The molecule has 0 aliphatic rings. The molecule has 0 spiro atoms. The molecule has 0 saturated heterocycles. The van der Waals surface area contributed by atoms with E-state index in [2.05, 4.69) is 10.2 Å². The van der Waals surface area contributed by atoms with Crippen LogP contribution in [0.1, 0.15) is 6.92 Å². The fraction of sp³-hybridized carbons (Fsp3) is 0.222. The SMILES string of the molecule is COc1ccc(OC)c(N(Cl)C(=O)C(N=Nc2ccccc2[N+](=O)[O-])C(C)=O)c1. The van der Waals surface area contributed by atoms with Gasteiger partial charge < -0.3 is 9.47 Å². The first-order valence-electron chi connectivity index (χ1n) is 8.16. The van der Waals surface area contributed by atoms with Crippen molar-refractivity contribution in [3.8, 4) is 11.5 Å². The lowest BCUT2D eigenvalue weighted by molar-refractivity contribution is -0.384. The summed E-state index contributed by atoms with van der Waals surface area (Å²) in [5.41, 5.74) is -0.287. The van der Waals surface area contributed by atoms with E-state index in [1.807, 2.05) is 0 Å². The molecule has 2 aromatic rings. The summed E-state index contributed by atoms with van der Waals surface area (Å²) in [6, 6.07) is 8.52. The van der Waals surface area contributed by atoms with Gasteiger partial charge in [0, 0.05) is 23.9 Å². The summed E-state index contributed by atoms with van der Waals surface area (Å²) in [5.74, 6) is -0.898. The van der Waals surface area contributed by atoms with Crippen molar-refractivity contribution in [1.82, 2.24) is 0 Å². The van der Waals surface area contributed by atoms with Crippen LogP contribution in [-0.2, 0) is 9.59 Å². The molecule has 0 aromatic heterocycles. The average molecular weight is 421 g/mol. The monoisotopic (exact) mass is 420 g/mol. The highest BCUT2D eigenvalue weighted by Gasteiger charge is 2.31. The molecule has 152 valence electrons. The molecule has 2 rings (SSSR count). The van der Waals surface area contributed by atoms with Crippen LogP contribution in [0, 0.1) is 10.1 Å². The van der Waals surface area contributed by atoms with Crippen LogP contribution < -0.4 is 13.9 Å². The number of anilines is 1. The number of methoxy groups -OCH3 is 2. The van der Waals surface area contributed by atoms with Crippen molar-refractivity contribution in [1.29, 1.82) is 0 Å². The highest BCUT2D eigenvalue weighted by Crippen LogP contribution is 2.34. The third kappa shape index (κ3) is 5.05. The molecule has 1 amide bonds. The molecule has 0 N–H and O–H groups in total. The van der Waals surface area contributed by atoms with E-state index >= 15 is 0 Å². The van der Waals surface area contributed by atoms with Gasteiger partial charge in [-0.25, -0.2) is 4.42 Å². The Bertz CT molecular complexity index is 965. The van der Waals surface area contributed by atoms with Crippen LogP contribution in [0.25, 0.3) is 0 Å². The summed E-state index contributed by atoms with van der Waals surface area (Å²) in [5, 5.41) is 18.5. The maximum absolute atomic E-state index is 12.8. The van der Waals surface area contributed by atoms with E-state index in [9.17, 15) is 19.7 Å². The number of carbonyl (C=O) groups is 2. The molecule has 29 heavy (non-hydrogen) atoms. The predicted octanol–water partition coefficient (Wildman–Crippen LogP) is 3.84. The fourth-order valence-electron chi connectivity index (χ4n) is 2.30. The topological polar surface area (TPSA) is 124 Å². The van der Waals surface area contributed by atoms with Crippen molar-refractivity contribution in [2.75, 3.05) is 18.6 Å². The Morgan fingerprint density at radius 3 is 2.45 bits per heavy atom. The van der Waals surface area contributed by atoms with E-state index in [0.29, 0.717) is 10.2 Å². The van der Waals surface area contributed by atoms with Gasteiger partial charge in [0.1, 0.15) is 17.2 Å². The molecule has 0 aliphatic heterocycles. The minimum atomic E-state index is -1.61. The van der Waals surface area contributed by atoms with Crippen LogP contribution in [0.4, 0.5) is 17.1 Å². The van der Waals surface area contributed by atoms with Crippen molar-refractivity contribution >= 4 is 40.5 Å². The number of ketones is 1. The maximum atomic E-state index is 12.8. The van der Waals surface area contributed by atoms with Crippen LogP contribution in [-0.4, -0.2) is 36.9 Å². The van der Waals surface area contributed by atoms with Gasteiger partial charge in [-0.3, -0.25) is 19.7 Å². The molecule has 10 nitrogen and oxygen atoms in total. The molecule has 11 heteroatoms. The lowest BCUT2D eigenvalue weighted by atomic mass is 10.2. The van der Waals surface area contributed by atoms with Crippen molar-refractivity contribution < 1.29 is 24.0 Å². The van der Waals surface area contributed by atoms with Gasteiger partial charge in [0.05, 0.1) is 19.1 Å². The molecule has 0 radical (unpaired) electrons. The summed E-state index contributed by atoms with van der Waals surface area (Å²) < 4.78 is 11.0. The van der Waals surface area contributed by atoms with Gasteiger partial charge in [-0.1, -0.05) is 12.1 Å². The Morgan fingerprint density at radius 2 is 1.86 bits per heavy atom. The second-order valence-electron chi connectivity index (χ2n) is 5.63. The van der Waals surface area contributed by atoms with Crippen LogP contribution in [0.15, 0.2) is 52.7 Å². The second-order valence-corrected chi connectivity index (χ2v) is 5.97. The Morgan fingerprint density at radius 1 is 1.17 bits per heavy atom. The fourth-order valence-corrected chi connectivity index (χ4v) is 2.53. The molecular formula is C18H17ClN4O6. The number of halogens is 1. The third-order valence-electron chi connectivity index (χ3n) is 3.77. The highest BCUT2D eigenvalue weighted by atomic mass is 35.5. The summed E-state index contributed by atoms with van der Waals surface area (Å²) in [6.45, 7) is 1.13. The standard InChI is InChI=1S/C18H17ClN4O6/c1-11(24)17(21-20-13-6-4-5-7-14(13)23(26)27)18(25)22(19)15-10-12(28-2)8-9-16(15)29-3/h4-10,17H,1-3H3. The number of benzene rings is 2. The quantitative estimate of drug-likeness (QED) is 0.210. The van der Waals surface area contributed by atoms with Crippen LogP contribution in [0.2, 0.25) is 0 Å². The number of hydrogen-bond donors (Lipinski definition) is 0. The molecule has 0 bridgehead atoms. The number of nitro benzene ring substituents is 1. The van der Waals surface area contributed by atoms with Crippen molar-refractivity contribution in [3.63, 3.8) is 0 Å². The van der Waals surface area contributed by atoms with Gasteiger partial charge in [0.25, 0.3) is 11.6 Å². The highest BCUT2D eigenvalue weighted by molar-refractivity contribution is 6.39. The van der Waals surface area contributed by atoms with Crippen LogP contribution >= 0.6 is 11.8 Å². The van der Waals surface area contributed by atoms with Gasteiger partial charge in [0.15, 0.2) is 11.5 Å². The van der Waals surface area contributed by atoms with Crippen LogP contribution in [0.5, 0.6) is 11.5 Å². The van der Waals surface area contributed by atoms with Gasteiger partial charge in [-0.2, -0.15) is 5.11 Å². The number of carbonyl (C=O) groups excluding carboxylic acids is 2. The smallest absolute Gasteiger partial charge is 0.296 e. The number of para-hydroxylation sites is 1. The number of nitro groups is 1. The molecule has 1 atom stereocenters. The van der Waals surface area contributed by atoms with E-state index in [4.69, 9.17) is 21.3 Å². The molecule has 0 saturated carbocycles. The zero-order valence-corrected chi connectivity index (χ0v) is 16.5. The summed E-state index contributed by atoms with van der Waals surface area (Å²) in [6.07, 6.45) is 0. The number of Topliss-reactive ketones (excluding diaryl/α,β-unsaturated/α-hetero) is 1. The van der Waals surface area contributed by atoms with Gasteiger partial charge >= 0.3 is 0 Å². The lowest BCUT2D eigenvalue weighted by Crippen LogP contribution is -2.36. The largest absolute Gasteiger partial charge is 0.497 e. The zero-order chi connectivity index (χ0) is 21.6. The molecule has 0 fully saturated rings. The van der Waals surface area contributed by atoms with Crippen molar-refractivity contribution in [2.45, 2.75) is 13.0 Å². The van der Waals surface area contributed by atoms with E-state index in [-0.39, 0.29) is 22.8 Å². The minimum absolute atomic E-state index is 0.100. The van der Waals surface area contributed by atoms with Crippen molar-refractivity contribution in [3.05, 3.63) is 52.6 Å². The van der Waals surface area contributed by atoms with Gasteiger partial charge in [0.2, 0.25) is 6.04 Å². The van der Waals surface area contributed by atoms with E-state index < -0.39 is 22.7 Å². The second kappa shape index (κ2) is 9.60. The molecular weight excluding hydrogens is 404 g/mol. The maximum Gasteiger partial charge on any atom is 0.296 e. The van der Waals surface area contributed by atoms with E-state index in [0.717, 1.165) is 6.92 Å². The Labute approximate surface area is 171 Å². The number of rotatable bonds is 8. The minimum Gasteiger partial charge on any atom is -0.497 e. The van der Waals surface area contributed by atoms with E-state index in [1.54, 1.807) is 6.07 Å². The first kappa shape index (κ1) is 21.8. The number of amides is 1. The normalized spacial score (nSPS) is 11.7. The third-order valence-corrected chi connectivity index (χ3v) is 4.12. The Kier molecular flexibility index (Phi) is 7.21. The number of ether oxygens (including phenoxy) is 2. The summed E-state index contributed by atoms with van der Waals surface area (Å²) >= 11 is 6.16. The van der Waals surface area contributed by atoms with Crippen LogP contribution in [0.3, 0.4) is 0 Å². The first-order chi connectivity index (χ1) is 13.8. The number of azo groups is 1. The molecule has 2 aromatic carbocycles. The van der Waals surface area contributed by atoms with Crippen molar-refractivity contribution in [2.24, 2.45) is 10.2 Å². The Hall–Kier alpha value is -3.53. The van der Waals surface area contributed by atoms with Gasteiger partial charge in [-0.05, 0) is 25.1 Å². The first-order valence-corrected chi connectivity index (χ1v) is 8.50.